The zero-order valence-corrected chi connectivity index (χ0v) is 9.93. The maximum absolute atomic E-state index is 4.15. The monoisotopic (exact) mass is 195 g/mol. The van der Waals surface area contributed by atoms with Crippen LogP contribution in [-0.4, -0.2) is 0 Å². The van der Waals surface area contributed by atoms with E-state index in [2.05, 4.69) is 13.8 Å². The second kappa shape index (κ2) is 7.31. The van der Waals surface area contributed by atoms with E-state index in [1.165, 1.54) is 64.2 Å². The summed E-state index contributed by atoms with van der Waals surface area (Å²) in [6.45, 7) is 6.44. The third-order valence-corrected chi connectivity index (χ3v) is 3.68. The lowest BCUT2D eigenvalue weighted by molar-refractivity contribution is 0.287. The maximum atomic E-state index is 4.15. The molecule has 83 valence electrons. The smallest absolute Gasteiger partial charge is 0.0414 e. The molecule has 0 heterocycles. The van der Waals surface area contributed by atoms with Gasteiger partial charge in [0.1, 0.15) is 0 Å². The first-order valence-corrected chi connectivity index (χ1v) is 6.66. The van der Waals surface area contributed by atoms with Gasteiger partial charge in [0.2, 0.25) is 0 Å². The van der Waals surface area contributed by atoms with E-state index in [-0.39, 0.29) is 0 Å². The highest BCUT2D eigenvalue weighted by atomic mass is 14.2. The van der Waals surface area contributed by atoms with Crippen molar-refractivity contribution < 1.29 is 0 Å². The van der Waals surface area contributed by atoms with E-state index in [4.69, 9.17) is 0 Å². The fourth-order valence-electron chi connectivity index (χ4n) is 2.56. The van der Waals surface area contributed by atoms with Crippen LogP contribution < -0.4 is 0 Å². The van der Waals surface area contributed by atoms with Crippen LogP contribution in [0, 0.1) is 18.8 Å². The molecule has 0 saturated heterocycles. The quantitative estimate of drug-likeness (QED) is 0.524. The molecule has 1 aliphatic carbocycles. The Morgan fingerprint density at radius 3 is 2.21 bits per heavy atom. The van der Waals surface area contributed by atoms with Crippen molar-refractivity contribution in [1.29, 1.82) is 0 Å². The van der Waals surface area contributed by atoms with E-state index >= 15 is 0 Å². The molecular weight excluding hydrogens is 168 g/mol. The first kappa shape index (κ1) is 12.1. The molecule has 1 rings (SSSR count). The molecule has 1 saturated carbocycles. The van der Waals surface area contributed by atoms with E-state index < -0.39 is 0 Å². The molecule has 0 aromatic rings. The Bertz CT molecular complexity index is 120. The van der Waals surface area contributed by atoms with E-state index in [0.29, 0.717) is 0 Å². The zero-order valence-electron chi connectivity index (χ0n) is 9.93. The molecule has 1 radical (unpaired) electrons. The lowest BCUT2D eigenvalue weighted by atomic mass is 9.80. The molecule has 14 heavy (non-hydrogen) atoms. The Kier molecular flexibility index (Phi) is 6.31. The van der Waals surface area contributed by atoms with Gasteiger partial charge in [-0.25, -0.2) is 0 Å². The van der Waals surface area contributed by atoms with Crippen LogP contribution in [0.15, 0.2) is 0 Å². The molecule has 1 aliphatic rings. The molecule has 0 heteroatoms. The SMILES string of the molecule is [CH2][C@H]1CC[C@H](CCCCCCC)CC1. The second-order valence-corrected chi connectivity index (χ2v) is 5.09. The van der Waals surface area contributed by atoms with Crippen LogP contribution in [0.3, 0.4) is 0 Å². The summed E-state index contributed by atoms with van der Waals surface area (Å²) in [5.74, 6) is 1.82. The lowest BCUT2D eigenvalue weighted by Crippen LogP contribution is -2.12. The molecule has 0 aromatic heterocycles. The fraction of sp³-hybridized carbons (Fsp3) is 0.929. The average Bonchev–Trinajstić information content (AvgIpc) is 2.21. The van der Waals surface area contributed by atoms with Gasteiger partial charge in [-0.05, 0) is 11.8 Å². The maximum Gasteiger partial charge on any atom is -0.0414 e. The normalized spacial score (nSPS) is 27.9. The van der Waals surface area contributed by atoms with Gasteiger partial charge in [0, 0.05) is 0 Å². The van der Waals surface area contributed by atoms with E-state index in [0.717, 1.165) is 11.8 Å². The third-order valence-electron chi connectivity index (χ3n) is 3.68. The van der Waals surface area contributed by atoms with Gasteiger partial charge >= 0.3 is 0 Å². The van der Waals surface area contributed by atoms with Crippen molar-refractivity contribution in [1.82, 2.24) is 0 Å². The summed E-state index contributed by atoms with van der Waals surface area (Å²) in [6, 6.07) is 0. The molecule has 0 bridgehead atoms. The zero-order chi connectivity index (χ0) is 10.2. The highest BCUT2D eigenvalue weighted by molar-refractivity contribution is 4.73. The Morgan fingerprint density at radius 1 is 0.929 bits per heavy atom. The van der Waals surface area contributed by atoms with Crippen LogP contribution >= 0.6 is 0 Å². The predicted molar refractivity (Wildman–Crippen MR) is 64.2 cm³/mol. The highest BCUT2D eigenvalue weighted by Crippen LogP contribution is 2.31. The minimum Gasteiger partial charge on any atom is -0.0654 e. The first-order valence-electron chi connectivity index (χ1n) is 6.66. The van der Waals surface area contributed by atoms with Crippen LogP contribution in [0.4, 0.5) is 0 Å². The second-order valence-electron chi connectivity index (χ2n) is 5.09. The van der Waals surface area contributed by atoms with E-state index in [9.17, 15) is 0 Å². The van der Waals surface area contributed by atoms with Crippen molar-refractivity contribution in [2.24, 2.45) is 11.8 Å². The molecule has 0 aliphatic heterocycles. The number of hydrogen-bond donors (Lipinski definition) is 0. The summed E-state index contributed by atoms with van der Waals surface area (Å²) < 4.78 is 0. The van der Waals surface area contributed by atoms with Crippen LogP contribution in [0.5, 0.6) is 0 Å². The highest BCUT2D eigenvalue weighted by Gasteiger charge is 2.17. The fourth-order valence-corrected chi connectivity index (χ4v) is 2.56. The molecule has 0 aromatic carbocycles. The Labute approximate surface area is 90.5 Å². The van der Waals surface area contributed by atoms with E-state index in [1.807, 2.05) is 0 Å². The van der Waals surface area contributed by atoms with Gasteiger partial charge in [0.15, 0.2) is 0 Å². The van der Waals surface area contributed by atoms with Crippen LogP contribution in [0.1, 0.15) is 71.1 Å². The predicted octanol–water partition coefficient (Wildman–Crippen LogP) is 4.99. The summed E-state index contributed by atoms with van der Waals surface area (Å²) in [4.78, 5) is 0. The molecule has 1 fully saturated rings. The van der Waals surface area contributed by atoms with Crippen molar-refractivity contribution in [3.05, 3.63) is 6.92 Å². The van der Waals surface area contributed by atoms with Gasteiger partial charge in [0.05, 0.1) is 0 Å². The summed E-state index contributed by atoms with van der Waals surface area (Å²) in [5.41, 5.74) is 0. The topological polar surface area (TPSA) is 0 Å². The van der Waals surface area contributed by atoms with Gasteiger partial charge in [-0.2, -0.15) is 0 Å². The minimum absolute atomic E-state index is 0.770. The summed E-state index contributed by atoms with van der Waals surface area (Å²) in [6.07, 6.45) is 14.4. The van der Waals surface area contributed by atoms with Gasteiger partial charge in [-0.1, -0.05) is 78.1 Å². The Morgan fingerprint density at radius 2 is 1.57 bits per heavy atom. The molecule has 0 atom stereocenters. The summed E-state index contributed by atoms with van der Waals surface area (Å²) in [7, 11) is 0. The van der Waals surface area contributed by atoms with Crippen molar-refractivity contribution in [3.63, 3.8) is 0 Å². The first-order chi connectivity index (χ1) is 6.83. The average molecular weight is 195 g/mol. The van der Waals surface area contributed by atoms with Crippen LogP contribution in [-0.2, 0) is 0 Å². The Balaban J connectivity index is 1.91. The van der Waals surface area contributed by atoms with Gasteiger partial charge in [-0.15, -0.1) is 0 Å². The molecular formula is C14H27. The Hall–Kier alpha value is 0. The molecule has 0 amide bonds. The van der Waals surface area contributed by atoms with Crippen molar-refractivity contribution in [2.75, 3.05) is 0 Å². The standard InChI is InChI=1S/C14H27/c1-3-4-5-6-7-8-14-11-9-13(2)10-12-14/h13-14H,2-12H2,1H3/t13-,14-. The third kappa shape index (κ3) is 5.02. The van der Waals surface area contributed by atoms with Crippen molar-refractivity contribution in [2.45, 2.75) is 71.1 Å². The molecule has 0 spiro atoms. The van der Waals surface area contributed by atoms with Crippen LogP contribution in [0.25, 0.3) is 0 Å². The minimum atomic E-state index is 0.770. The van der Waals surface area contributed by atoms with Crippen LogP contribution in [0.2, 0.25) is 0 Å². The number of unbranched alkanes of at least 4 members (excludes halogenated alkanes) is 4. The summed E-state index contributed by atoms with van der Waals surface area (Å²) in [5, 5.41) is 0. The van der Waals surface area contributed by atoms with Crippen molar-refractivity contribution >= 4 is 0 Å². The molecule has 0 N–H and O–H groups in total. The van der Waals surface area contributed by atoms with Gasteiger partial charge in [-0.3, -0.25) is 0 Å². The largest absolute Gasteiger partial charge is 0.0654 e. The van der Waals surface area contributed by atoms with Gasteiger partial charge in [0.25, 0.3) is 0 Å². The molecule has 0 unspecified atom stereocenters. The lowest BCUT2D eigenvalue weighted by Gasteiger charge is -2.25. The van der Waals surface area contributed by atoms with E-state index in [1.54, 1.807) is 0 Å². The van der Waals surface area contributed by atoms with Crippen molar-refractivity contribution in [3.8, 4) is 0 Å². The molecule has 0 nitrogen and oxygen atoms in total. The number of rotatable bonds is 6. The number of hydrogen-bond acceptors (Lipinski definition) is 0. The van der Waals surface area contributed by atoms with Gasteiger partial charge < -0.3 is 0 Å². The summed E-state index contributed by atoms with van der Waals surface area (Å²) >= 11 is 0.